The van der Waals surface area contributed by atoms with Gasteiger partial charge in [0.1, 0.15) is 6.04 Å². The Balaban J connectivity index is 1.46. The zero-order valence-corrected chi connectivity index (χ0v) is 20.0. The molecule has 3 amide bonds. The number of carbonyl (C=O) groups excluding carboxylic acids is 2. The Morgan fingerprint density at radius 1 is 1.00 bits per heavy atom. The van der Waals surface area contributed by atoms with Gasteiger partial charge in [0.05, 0.1) is 26.5 Å². The number of nitrogens with zero attached hydrogens (tertiary/aromatic N) is 2. The van der Waals surface area contributed by atoms with Gasteiger partial charge in [-0.1, -0.05) is 36.4 Å². The number of amides is 3. The molecule has 35 heavy (non-hydrogen) atoms. The van der Waals surface area contributed by atoms with E-state index in [2.05, 4.69) is 15.6 Å². The Hall–Kier alpha value is -4.07. The Morgan fingerprint density at radius 3 is 2.40 bits per heavy atom. The van der Waals surface area contributed by atoms with Crippen LogP contribution in [-0.4, -0.2) is 48.6 Å². The molecule has 1 aromatic heterocycles. The number of rotatable bonds is 8. The number of hydrogen-bond acceptors (Lipinski definition) is 5. The summed E-state index contributed by atoms with van der Waals surface area (Å²) in [6, 6.07) is 18.1. The van der Waals surface area contributed by atoms with Crippen molar-refractivity contribution in [2.45, 2.75) is 32.0 Å². The first kappa shape index (κ1) is 24.1. The molecule has 182 valence electrons. The van der Waals surface area contributed by atoms with Gasteiger partial charge in [-0.15, -0.1) is 0 Å². The van der Waals surface area contributed by atoms with Gasteiger partial charge in [-0.3, -0.25) is 9.78 Å². The lowest BCUT2D eigenvalue weighted by Crippen LogP contribution is -2.52. The van der Waals surface area contributed by atoms with E-state index < -0.39 is 6.04 Å². The summed E-state index contributed by atoms with van der Waals surface area (Å²) in [7, 11) is 3.20. The molecule has 2 aromatic carbocycles. The van der Waals surface area contributed by atoms with Crippen LogP contribution in [0.15, 0.2) is 66.9 Å². The molecule has 0 saturated heterocycles. The van der Waals surface area contributed by atoms with E-state index in [9.17, 15) is 9.59 Å². The van der Waals surface area contributed by atoms with Gasteiger partial charge < -0.3 is 25.0 Å². The van der Waals surface area contributed by atoms with Crippen molar-refractivity contribution < 1.29 is 19.1 Å². The van der Waals surface area contributed by atoms with Gasteiger partial charge in [0.25, 0.3) is 0 Å². The molecular weight excluding hydrogens is 444 g/mol. The Bertz CT molecular complexity index is 1150. The van der Waals surface area contributed by atoms with Gasteiger partial charge >= 0.3 is 6.03 Å². The summed E-state index contributed by atoms with van der Waals surface area (Å²) in [5.74, 6) is 1.05. The number of methoxy groups -OCH3 is 2. The van der Waals surface area contributed by atoms with Crippen LogP contribution in [0.25, 0.3) is 0 Å². The van der Waals surface area contributed by atoms with Crippen molar-refractivity contribution in [2.75, 3.05) is 20.8 Å². The first-order chi connectivity index (χ1) is 17.1. The first-order valence-electron chi connectivity index (χ1n) is 11.6. The average Bonchev–Trinajstić information content (AvgIpc) is 2.91. The van der Waals surface area contributed by atoms with Crippen LogP contribution in [0.1, 0.15) is 22.4 Å². The van der Waals surface area contributed by atoms with Crippen LogP contribution < -0.4 is 20.1 Å². The maximum absolute atomic E-state index is 13.2. The van der Waals surface area contributed by atoms with Crippen LogP contribution in [0, 0.1) is 0 Å². The molecule has 0 aliphatic carbocycles. The molecule has 4 rings (SSSR count). The molecular formula is C27H30N4O4. The summed E-state index contributed by atoms with van der Waals surface area (Å²) in [5.41, 5.74) is 3.85. The van der Waals surface area contributed by atoms with Crippen LogP contribution in [0.4, 0.5) is 4.79 Å². The number of aromatic nitrogens is 1. The lowest BCUT2D eigenvalue weighted by molar-refractivity contribution is -0.123. The lowest BCUT2D eigenvalue weighted by Gasteiger charge is -2.31. The number of hydrogen-bond donors (Lipinski definition) is 2. The van der Waals surface area contributed by atoms with Gasteiger partial charge in [-0.25, -0.2) is 4.79 Å². The highest BCUT2D eigenvalue weighted by atomic mass is 16.5. The molecule has 1 aliphatic heterocycles. The molecule has 1 atom stereocenters. The molecule has 2 N–H and O–H groups in total. The van der Waals surface area contributed by atoms with E-state index in [1.807, 2.05) is 60.7 Å². The van der Waals surface area contributed by atoms with E-state index >= 15 is 0 Å². The largest absolute Gasteiger partial charge is 0.493 e. The summed E-state index contributed by atoms with van der Waals surface area (Å²) in [5, 5.41) is 5.86. The van der Waals surface area contributed by atoms with E-state index in [0.717, 1.165) is 22.4 Å². The minimum atomic E-state index is -0.722. The van der Waals surface area contributed by atoms with Gasteiger partial charge in [0.15, 0.2) is 11.5 Å². The Labute approximate surface area is 205 Å². The molecule has 0 spiro atoms. The first-order valence-corrected chi connectivity index (χ1v) is 11.6. The third-order valence-electron chi connectivity index (χ3n) is 6.07. The molecule has 1 unspecified atom stereocenters. The number of fused-ring (bicyclic) bond motifs is 1. The summed E-state index contributed by atoms with van der Waals surface area (Å²) in [6.07, 6.45) is 2.76. The smallest absolute Gasteiger partial charge is 0.318 e. The van der Waals surface area contributed by atoms with E-state index in [1.165, 1.54) is 0 Å². The Kier molecular flexibility index (Phi) is 7.82. The van der Waals surface area contributed by atoms with Crippen molar-refractivity contribution in [2.24, 2.45) is 0 Å². The normalized spacial score (nSPS) is 13.4. The van der Waals surface area contributed by atoms with Gasteiger partial charge in [-0.2, -0.15) is 0 Å². The molecule has 1 aliphatic rings. The van der Waals surface area contributed by atoms with Crippen LogP contribution in [0.3, 0.4) is 0 Å². The van der Waals surface area contributed by atoms with Gasteiger partial charge in [-0.05, 0) is 47.4 Å². The van der Waals surface area contributed by atoms with Crippen molar-refractivity contribution >= 4 is 11.9 Å². The predicted molar refractivity (Wildman–Crippen MR) is 132 cm³/mol. The number of urea groups is 1. The maximum Gasteiger partial charge on any atom is 0.318 e. The van der Waals surface area contributed by atoms with E-state index in [-0.39, 0.29) is 11.9 Å². The highest BCUT2D eigenvalue weighted by molar-refractivity contribution is 5.87. The summed E-state index contributed by atoms with van der Waals surface area (Å²) < 4.78 is 10.8. The molecule has 0 radical (unpaired) electrons. The molecule has 0 bridgehead atoms. The SMILES string of the molecule is COc1cc2c(cc1OC)CN(C(=O)NC(Cc1ccccc1)C(=O)NCc1ccccn1)CC2. The van der Waals surface area contributed by atoms with Crippen molar-refractivity contribution in [3.05, 3.63) is 89.2 Å². The Morgan fingerprint density at radius 2 is 1.71 bits per heavy atom. The van der Waals surface area contributed by atoms with Crippen molar-refractivity contribution in [1.82, 2.24) is 20.5 Å². The number of carbonyl (C=O) groups is 2. The molecule has 0 saturated carbocycles. The summed E-state index contributed by atoms with van der Waals surface area (Å²) >= 11 is 0. The number of nitrogens with one attached hydrogen (secondary N) is 2. The fourth-order valence-electron chi connectivity index (χ4n) is 4.16. The molecule has 2 heterocycles. The second-order valence-electron chi connectivity index (χ2n) is 8.38. The summed E-state index contributed by atoms with van der Waals surface area (Å²) in [4.78, 5) is 32.3. The predicted octanol–water partition coefficient (Wildman–Crippen LogP) is 3.09. The third kappa shape index (κ3) is 6.09. The van der Waals surface area contributed by atoms with Crippen LogP contribution in [0.5, 0.6) is 11.5 Å². The summed E-state index contributed by atoms with van der Waals surface area (Å²) in [6.45, 7) is 1.26. The van der Waals surface area contributed by atoms with E-state index in [1.54, 1.807) is 25.3 Å². The molecule has 3 aromatic rings. The van der Waals surface area contributed by atoms with Crippen LogP contribution in [0.2, 0.25) is 0 Å². The van der Waals surface area contributed by atoms with Gasteiger partial charge in [0, 0.05) is 25.7 Å². The average molecular weight is 475 g/mol. The second-order valence-corrected chi connectivity index (χ2v) is 8.38. The van der Waals surface area contributed by atoms with E-state index in [0.29, 0.717) is 44.0 Å². The highest BCUT2D eigenvalue weighted by Gasteiger charge is 2.27. The lowest BCUT2D eigenvalue weighted by atomic mass is 9.99. The highest BCUT2D eigenvalue weighted by Crippen LogP contribution is 2.33. The third-order valence-corrected chi connectivity index (χ3v) is 6.07. The molecule has 8 nitrogen and oxygen atoms in total. The second kappa shape index (κ2) is 11.4. The monoisotopic (exact) mass is 474 g/mol. The number of ether oxygens (including phenoxy) is 2. The van der Waals surface area contributed by atoms with Crippen LogP contribution in [-0.2, 0) is 30.7 Å². The molecule has 0 fully saturated rings. The van der Waals surface area contributed by atoms with Crippen molar-refractivity contribution in [3.63, 3.8) is 0 Å². The number of pyridine rings is 1. The topological polar surface area (TPSA) is 92.8 Å². The zero-order chi connectivity index (χ0) is 24.6. The maximum atomic E-state index is 13.2. The fraction of sp³-hybridized carbons (Fsp3) is 0.296. The molecule has 8 heteroatoms. The van der Waals surface area contributed by atoms with Crippen molar-refractivity contribution in [3.8, 4) is 11.5 Å². The number of benzene rings is 2. The van der Waals surface area contributed by atoms with E-state index in [4.69, 9.17) is 9.47 Å². The minimum absolute atomic E-state index is 0.253. The zero-order valence-electron chi connectivity index (χ0n) is 20.0. The quantitative estimate of drug-likeness (QED) is 0.523. The standard InChI is InChI=1S/C27H30N4O4/c1-34-24-15-20-11-13-31(18-21(20)16-25(24)35-2)27(33)30-23(14-19-8-4-3-5-9-19)26(32)29-17-22-10-6-7-12-28-22/h3-10,12,15-16,23H,11,13-14,17-18H2,1-2H3,(H,29,32)(H,30,33). The minimum Gasteiger partial charge on any atom is -0.493 e. The van der Waals surface area contributed by atoms with Crippen molar-refractivity contribution in [1.29, 1.82) is 0 Å². The fourth-order valence-corrected chi connectivity index (χ4v) is 4.16. The van der Waals surface area contributed by atoms with Gasteiger partial charge in [0.2, 0.25) is 5.91 Å². The van der Waals surface area contributed by atoms with Crippen LogP contribution >= 0.6 is 0 Å².